The van der Waals surface area contributed by atoms with Crippen LogP contribution in [0.4, 0.5) is 0 Å². The Kier molecular flexibility index (Phi) is 7.32. The van der Waals surface area contributed by atoms with Crippen LogP contribution < -0.4 is 10.6 Å². The summed E-state index contributed by atoms with van der Waals surface area (Å²) in [7, 11) is 1.43. The zero-order valence-corrected chi connectivity index (χ0v) is 14.5. The van der Waals surface area contributed by atoms with Gasteiger partial charge in [-0.1, -0.05) is 37.0 Å². The molecule has 0 saturated carbocycles. The topological polar surface area (TPSA) is 84.5 Å². The van der Waals surface area contributed by atoms with Gasteiger partial charge in [0.15, 0.2) is 6.61 Å². The molecule has 0 unspecified atom stereocenters. The molecule has 0 aliphatic rings. The highest BCUT2D eigenvalue weighted by Gasteiger charge is 2.27. The lowest BCUT2D eigenvalue weighted by Crippen LogP contribution is -2.46. The number of hydrogen-bond donors (Lipinski definition) is 2. The van der Waals surface area contributed by atoms with Crippen LogP contribution in [0.2, 0.25) is 10.0 Å². The number of hydrogen-bond acceptors (Lipinski definition) is 4. The van der Waals surface area contributed by atoms with Crippen LogP contribution in [-0.2, 0) is 14.3 Å². The van der Waals surface area contributed by atoms with Gasteiger partial charge in [0.2, 0.25) is 0 Å². The Bertz CT molecular complexity index is 605. The maximum Gasteiger partial charge on any atom is 0.329 e. The SMILES string of the molecule is CNC(=O)COC(=O)[C@@H](NC(=O)c1ccc(Cl)cc1Cl)C(C)C. The number of rotatable bonds is 6. The molecule has 0 spiro atoms. The molecule has 1 aromatic rings. The van der Waals surface area contributed by atoms with E-state index in [4.69, 9.17) is 27.9 Å². The van der Waals surface area contributed by atoms with E-state index in [1.54, 1.807) is 13.8 Å². The number of benzene rings is 1. The Balaban J connectivity index is 2.80. The molecular weight excluding hydrogens is 343 g/mol. The first-order chi connectivity index (χ1) is 10.8. The minimum absolute atomic E-state index is 0.177. The summed E-state index contributed by atoms with van der Waals surface area (Å²) in [6.45, 7) is 3.08. The third-order valence-electron chi connectivity index (χ3n) is 3.01. The van der Waals surface area contributed by atoms with E-state index in [0.717, 1.165) is 0 Å². The normalized spacial score (nSPS) is 11.7. The van der Waals surface area contributed by atoms with Crippen molar-refractivity contribution in [3.63, 3.8) is 0 Å². The molecular formula is C15H18Cl2N2O4. The Labute approximate surface area is 144 Å². The van der Waals surface area contributed by atoms with Gasteiger partial charge in [0.05, 0.1) is 10.6 Å². The Morgan fingerprint density at radius 2 is 1.87 bits per heavy atom. The lowest BCUT2D eigenvalue weighted by molar-refractivity contribution is -0.151. The van der Waals surface area contributed by atoms with E-state index in [1.165, 1.54) is 25.2 Å². The van der Waals surface area contributed by atoms with Crippen LogP contribution in [0.25, 0.3) is 0 Å². The molecule has 0 aromatic heterocycles. The molecule has 2 N–H and O–H groups in total. The number of carbonyl (C=O) groups excluding carboxylic acids is 3. The van der Waals surface area contributed by atoms with Crippen LogP contribution >= 0.6 is 23.2 Å². The van der Waals surface area contributed by atoms with Gasteiger partial charge in [-0.05, 0) is 24.1 Å². The van der Waals surface area contributed by atoms with Gasteiger partial charge in [0.1, 0.15) is 6.04 Å². The van der Waals surface area contributed by atoms with Crippen molar-refractivity contribution in [1.29, 1.82) is 0 Å². The first kappa shape index (κ1) is 19.3. The summed E-state index contributed by atoms with van der Waals surface area (Å²) in [6, 6.07) is 3.52. The highest BCUT2D eigenvalue weighted by molar-refractivity contribution is 6.36. The molecule has 8 heteroatoms. The molecule has 1 rings (SSSR count). The van der Waals surface area contributed by atoms with E-state index in [-0.39, 0.29) is 16.5 Å². The van der Waals surface area contributed by atoms with Gasteiger partial charge in [-0.15, -0.1) is 0 Å². The molecule has 126 valence electrons. The molecule has 0 saturated heterocycles. The quantitative estimate of drug-likeness (QED) is 0.760. The number of nitrogens with one attached hydrogen (secondary N) is 2. The molecule has 0 aliphatic carbocycles. The second-order valence-electron chi connectivity index (χ2n) is 5.10. The zero-order valence-electron chi connectivity index (χ0n) is 13.0. The molecule has 2 amide bonds. The summed E-state index contributed by atoms with van der Waals surface area (Å²) in [5.74, 6) is -1.89. The third kappa shape index (κ3) is 5.73. The summed E-state index contributed by atoms with van der Waals surface area (Å²) >= 11 is 11.8. The van der Waals surface area contributed by atoms with Crippen molar-refractivity contribution in [3.8, 4) is 0 Å². The van der Waals surface area contributed by atoms with E-state index < -0.39 is 30.4 Å². The largest absolute Gasteiger partial charge is 0.454 e. The van der Waals surface area contributed by atoms with Crippen molar-refractivity contribution in [2.24, 2.45) is 5.92 Å². The molecule has 0 heterocycles. The maximum atomic E-state index is 12.3. The number of likely N-dealkylation sites (N-methyl/N-ethyl adjacent to an activating group) is 1. The number of carbonyl (C=O) groups is 3. The lowest BCUT2D eigenvalue weighted by atomic mass is 10.0. The minimum atomic E-state index is -0.904. The predicted molar refractivity (Wildman–Crippen MR) is 87.6 cm³/mol. The van der Waals surface area contributed by atoms with Crippen molar-refractivity contribution >= 4 is 41.0 Å². The molecule has 1 atom stereocenters. The fourth-order valence-electron chi connectivity index (χ4n) is 1.69. The summed E-state index contributed by atoms with van der Waals surface area (Å²) in [5.41, 5.74) is 0.195. The molecule has 1 aromatic carbocycles. The number of esters is 1. The molecule has 23 heavy (non-hydrogen) atoms. The van der Waals surface area contributed by atoms with Crippen molar-refractivity contribution < 1.29 is 19.1 Å². The van der Waals surface area contributed by atoms with Gasteiger partial charge in [0.25, 0.3) is 11.8 Å². The van der Waals surface area contributed by atoms with Crippen LogP contribution in [0.1, 0.15) is 24.2 Å². The Morgan fingerprint density at radius 3 is 2.39 bits per heavy atom. The van der Waals surface area contributed by atoms with Crippen molar-refractivity contribution in [1.82, 2.24) is 10.6 Å². The minimum Gasteiger partial charge on any atom is -0.454 e. The smallest absolute Gasteiger partial charge is 0.329 e. The van der Waals surface area contributed by atoms with Crippen molar-refractivity contribution in [3.05, 3.63) is 33.8 Å². The summed E-state index contributed by atoms with van der Waals surface area (Å²) in [4.78, 5) is 35.4. The van der Waals surface area contributed by atoms with E-state index in [9.17, 15) is 14.4 Å². The summed E-state index contributed by atoms with van der Waals surface area (Å²) in [5, 5.41) is 5.47. The highest BCUT2D eigenvalue weighted by Crippen LogP contribution is 2.21. The fourth-order valence-corrected chi connectivity index (χ4v) is 2.18. The number of amides is 2. The zero-order chi connectivity index (χ0) is 17.6. The van der Waals surface area contributed by atoms with Crippen molar-refractivity contribution in [2.75, 3.05) is 13.7 Å². The van der Waals surface area contributed by atoms with Crippen LogP contribution in [0.15, 0.2) is 18.2 Å². The van der Waals surface area contributed by atoms with Gasteiger partial charge in [-0.25, -0.2) is 4.79 Å². The standard InChI is InChI=1S/C15H18Cl2N2O4/c1-8(2)13(15(22)23-7-12(20)18-3)19-14(21)10-5-4-9(16)6-11(10)17/h4-6,8,13H,7H2,1-3H3,(H,18,20)(H,19,21)/t13-/m0/s1. The highest BCUT2D eigenvalue weighted by atomic mass is 35.5. The van der Waals surface area contributed by atoms with Gasteiger partial charge in [-0.3, -0.25) is 9.59 Å². The summed E-state index contributed by atoms with van der Waals surface area (Å²) in [6.07, 6.45) is 0. The second-order valence-corrected chi connectivity index (χ2v) is 5.94. The van der Waals surface area contributed by atoms with Crippen LogP contribution in [0.3, 0.4) is 0 Å². The fraction of sp³-hybridized carbons (Fsp3) is 0.400. The first-order valence-corrected chi connectivity index (χ1v) is 7.65. The third-order valence-corrected chi connectivity index (χ3v) is 3.56. The molecule has 0 fully saturated rings. The van der Waals surface area contributed by atoms with Gasteiger partial charge in [-0.2, -0.15) is 0 Å². The number of ether oxygens (including phenoxy) is 1. The van der Waals surface area contributed by atoms with E-state index in [1.807, 2.05) is 0 Å². The van der Waals surface area contributed by atoms with E-state index in [0.29, 0.717) is 5.02 Å². The maximum absolute atomic E-state index is 12.3. The van der Waals surface area contributed by atoms with E-state index >= 15 is 0 Å². The van der Waals surface area contributed by atoms with E-state index in [2.05, 4.69) is 10.6 Å². The lowest BCUT2D eigenvalue weighted by Gasteiger charge is -2.21. The first-order valence-electron chi connectivity index (χ1n) is 6.89. The average Bonchev–Trinajstić information content (AvgIpc) is 2.49. The Morgan fingerprint density at radius 1 is 1.22 bits per heavy atom. The summed E-state index contributed by atoms with van der Waals surface area (Å²) < 4.78 is 4.88. The molecule has 0 aliphatic heterocycles. The average molecular weight is 361 g/mol. The number of halogens is 2. The monoisotopic (exact) mass is 360 g/mol. The predicted octanol–water partition coefficient (Wildman–Crippen LogP) is 2.04. The van der Waals surface area contributed by atoms with Gasteiger partial charge >= 0.3 is 5.97 Å². The van der Waals surface area contributed by atoms with Crippen molar-refractivity contribution in [2.45, 2.75) is 19.9 Å². The van der Waals surface area contributed by atoms with Crippen LogP contribution in [0, 0.1) is 5.92 Å². The molecule has 0 bridgehead atoms. The van der Waals surface area contributed by atoms with Crippen LogP contribution in [-0.4, -0.2) is 37.5 Å². The van der Waals surface area contributed by atoms with Gasteiger partial charge < -0.3 is 15.4 Å². The molecule has 0 radical (unpaired) electrons. The van der Waals surface area contributed by atoms with Gasteiger partial charge in [0, 0.05) is 12.1 Å². The van der Waals surface area contributed by atoms with Crippen LogP contribution in [0.5, 0.6) is 0 Å². The molecule has 6 nitrogen and oxygen atoms in total. The second kappa shape index (κ2) is 8.74. The Hall–Kier alpha value is -1.79.